The maximum absolute atomic E-state index is 12.9. The molecule has 2 atom stereocenters. The van der Waals surface area contributed by atoms with Crippen LogP contribution in [-0.2, 0) is 0 Å². The van der Waals surface area contributed by atoms with E-state index >= 15 is 0 Å². The molecule has 3 aromatic rings. The maximum atomic E-state index is 12.9. The number of carbonyl (C=O) groups excluding carboxylic acids is 1. The lowest BCUT2D eigenvalue weighted by molar-refractivity contribution is 0.0713. The summed E-state index contributed by atoms with van der Waals surface area (Å²) < 4.78 is 0. The van der Waals surface area contributed by atoms with Crippen molar-refractivity contribution in [2.45, 2.75) is 51.7 Å². The number of aliphatic hydroxyl groups excluding tert-OH is 1. The lowest BCUT2D eigenvalue weighted by Gasteiger charge is -2.28. The van der Waals surface area contributed by atoms with E-state index in [1.165, 1.54) is 11.8 Å². The molecular weight excluding hydrogens is 374 g/mol. The van der Waals surface area contributed by atoms with E-state index in [0.29, 0.717) is 5.69 Å². The highest BCUT2D eigenvalue weighted by Crippen LogP contribution is 2.29. The van der Waals surface area contributed by atoms with Crippen LogP contribution in [0.3, 0.4) is 0 Å². The molecule has 1 fully saturated rings. The molecule has 0 spiro atoms. The molecule has 1 aliphatic rings. The van der Waals surface area contributed by atoms with Crippen molar-refractivity contribution < 1.29 is 9.90 Å². The van der Waals surface area contributed by atoms with E-state index in [9.17, 15) is 9.90 Å². The van der Waals surface area contributed by atoms with Crippen molar-refractivity contribution in [3.8, 4) is 22.5 Å². The third-order valence-electron chi connectivity index (χ3n) is 5.70. The van der Waals surface area contributed by atoms with Gasteiger partial charge in [-0.3, -0.25) is 9.78 Å². The Bertz CT molecular complexity index is 1030. The SMILES string of the molecule is Cc1ccc(-c2ncc(C(=O)N[C@@H]3CCCC[C@@H]3O)nc2-c2ccc(C)cc2)cc1. The summed E-state index contributed by atoms with van der Waals surface area (Å²) in [6, 6.07) is 16.0. The molecule has 1 amide bonds. The Balaban J connectivity index is 1.71. The van der Waals surface area contributed by atoms with E-state index in [2.05, 4.69) is 10.3 Å². The third-order valence-corrected chi connectivity index (χ3v) is 5.70. The predicted molar refractivity (Wildman–Crippen MR) is 118 cm³/mol. The van der Waals surface area contributed by atoms with Crippen molar-refractivity contribution in [3.63, 3.8) is 0 Å². The van der Waals surface area contributed by atoms with Gasteiger partial charge in [-0.2, -0.15) is 0 Å². The molecule has 1 heterocycles. The lowest BCUT2D eigenvalue weighted by Crippen LogP contribution is -2.45. The largest absolute Gasteiger partial charge is 0.391 e. The van der Waals surface area contributed by atoms with Gasteiger partial charge in [-0.1, -0.05) is 72.5 Å². The second-order valence-electron chi connectivity index (χ2n) is 8.12. The number of nitrogens with zero attached hydrogens (tertiary/aromatic N) is 2. The molecule has 4 rings (SSSR count). The van der Waals surface area contributed by atoms with Gasteiger partial charge in [0.25, 0.3) is 5.91 Å². The number of aliphatic hydroxyl groups is 1. The lowest BCUT2D eigenvalue weighted by atomic mass is 9.92. The molecule has 0 radical (unpaired) electrons. The number of rotatable bonds is 4. The van der Waals surface area contributed by atoms with Gasteiger partial charge >= 0.3 is 0 Å². The van der Waals surface area contributed by atoms with Crippen LogP contribution in [0.4, 0.5) is 0 Å². The first kappa shape index (κ1) is 20.2. The second-order valence-corrected chi connectivity index (χ2v) is 8.12. The van der Waals surface area contributed by atoms with Crippen LogP contribution in [0, 0.1) is 13.8 Å². The van der Waals surface area contributed by atoms with Gasteiger partial charge in [-0.15, -0.1) is 0 Å². The zero-order valence-electron chi connectivity index (χ0n) is 17.4. The Morgan fingerprint density at radius 3 is 2.07 bits per heavy atom. The van der Waals surface area contributed by atoms with E-state index in [1.54, 1.807) is 0 Å². The van der Waals surface area contributed by atoms with Crippen LogP contribution < -0.4 is 5.32 Å². The summed E-state index contributed by atoms with van der Waals surface area (Å²) in [5.41, 5.74) is 5.88. The molecule has 0 bridgehead atoms. The highest BCUT2D eigenvalue weighted by Gasteiger charge is 2.26. The zero-order valence-corrected chi connectivity index (χ0v) is 17.4. The number of benzene rings is 2. The minimum atomic E-state index is -0.501. The monoisotopic (exact) mass is 401 g/mol. The Hall–Kier alpha value is -3.05. The summed E-state index contributed by atoms with van der Waals surface area (Å²) in [6.07, 6.45) is 4.53. The van der Waals surface area contributed by atoms with E-state index in [0.717, 1.165) is 48.1 Å². The molecule has 1 saturated carbocycles. The molecule has 5 heteroatoms. The molecular formula is C25H27N3O2. The molecule has 1 aliphatic carbocycles. The van der Waals surface area contributed by atoms with Crippen molar-refractivity contribution in [1.82, 2.24) is 15.3 Å². The summed E-state index contributed by atoms with van der Waals surface area (Å²) >= 11 is 0. The van der Waals surface area contributed by atoms with E-state index in [-0.39, 0.29) is 17.6 Å². The maximum Gasteiger partial charge on any atom is 0.271 e. The average Bonchev–Trinajstić information content (AvgIpc) is 2.76. The quantitative estimate of drug-likeness (QED) is 0.677. The number of hydrogen-bond acceptors (Lipinski definition) is 4. The first-order chi connectivity index (χ1) is 14.5. The molecule has 0 aliphatic heterocycles. The summed E-state index contributed by atoms with van der Waals surface area (Å²) in [6.45, 7) is 4.08. The van der Waals surface area contributed by atoms with Crippen LogP contribution in [0.2, 0.25) is 0 Å². The second kappa shape index (κ2) is 8.76. The number of carbonyl (C=O) groups is 1. The number of amides is 1. The highest BCUT2D eigenvalue weighted by molar-refractivity contribution is 5.93. The van der Waals surface area contributed by atoms with Gasteiger partial charge in [0.2, 0.25) is 0 Å². The fourth-order valence-corrected chi connectivity index (χ4v) is 3.86. The van der Waals surface area contributed by atoms with Crippen LogP contribution in [0.25, 0.3) is 22.5 Å². The summed E-state index contributed by atoms with van der Waals surface area (Å²) in [7, 11) is 0. The summed E-state index contributed by atoms with van der Waals surface area (Å²) in [4.78, 5) is 22.2. The minimum absolute atomic E-state index is 0.229. The fraction of sp³-hybridized carbons (Fsp3) is 0.320. The van der Waals surface area contributed by atoms with Crippen LogP contribution in [0.15, 0.2) is 54.7 Å². The first-order valence-corrected chi connectivity index (χ1v) is 10.5. The molecule has 2 aromatic carbocycles. The number of nitrogens with one attached hydrogen (secondary N) is 1. The zero-order chi connectivity index (χ0) is 21.1. The fourth-order valence-electron chi connectivity index (χ4n) is 3.86. The van der Waals surface area contributed by atoms with Crippen molar-refractivity contribution in [1.29, 1.82) is 0 Å². The summed E-state index contributed by atoms with van der Waals surface area (Å²) in [5, 5.41) is 13.1. The Morgan fingerprint density at radius 2 is 1.47 bits per heavy atom. The van der Waals surface area contributed by atoms with Crippen molar-refractivity contribution in [3.05, 3.63) is 71.5 Å². The molecule has 5 nitrogen and oxygen atoms in total. The number of aromatic nitrogens is 2. The van der Waals surface area contributed by atoms with Crippen LogP contribution >= 0.6 is 0 Å². The Kier molecular flexibility index (Phi) is 5.91. The van der Waals surface area contributed by atoms with Crippen molar-refractivity contribution >= 4 is 5.91 Å². The predicted octanol–water partition coefficient (Wildman–Crippen LogP) is 4.46. The number of hydrogen-bond donors (Lipinski definition) is 2. The molecule has 1 aromatic heterocycles. The molecule has 0 unspecified atom stereocenters. The molecule has 30 heavy (non-hydrogen) atoms. The van der Waals surface area contributed by atoms with Gasteiger partial charge < -0.3 is 10.4 Å². The Morgan fingerprint density at radius 1 is 0.900 bits per heavy atom. The van der Waals surface area contributed by atoms with E-state index in [1.807, 2.05) is 62.4 Å². The molecule has 0 saturated heterocycles. The highest BCUT2D eigenvalue weighted by atomic mass is 16.3. The first-order valence-electron chi connectivity index (χ1n) is 10.5. The molecule has 154 valence electrons. The van der Waals surface area contributed by atoms with Crippen molar-refractivity contribution in [2.24, 2.45) is 0 Å². The van der Waals surface area contributed by atoms with Gasteiger partial charge in [0.1, 0.15) is 5.69 Å². The van der Waals surface area contributed by atoms with Crippen molar-refractivity contribution in [2.75, 3.05) is 0 Å². The van der Waals surface area contributed by atoms with Gasteiger partial charge in [0.05, 0.1) is 29.7 Å². The van der Waals surface area contributed by atoms with Crippen LogP contribution in [-0.4, -0.2) is 33.1 Å². The van der Waals surface area contributed by atoms with E-state index in [4.69, 9.17) is 4.98 Å². The molecule has 2 N–H and O–H groups in total. The van der Waals surface area contributed by atoms with Gasteiger partial charge in [-0.25, -0.2) is 4.98 Å². The van der Waals surface area contributed by atoms with E-state index < -0.39 is 6.10 Å². The van der Waals surface area contributed by atoms with Gasteiger partial charge in [0, 0.05) is 11.1 Å². The topological polar surface area (TPSA) is 75.1 Å². The van der Waals surface area contributed by atoms with Gasteiger partial charge in [-0.05, 0) is 26.7 Å². The third kappa shape index (κ3) is 4.41. The number of aryl methyl sites for hydroxylation is 2. The van der Waals surface area contributed by atoms with Crippen LogP contribution in [0.5, 0.6) is 0 Å². The normalized spacial score (nSPS) is 18.8. The Labute approximate surface area is 177 Å². The summed E-state index contributed by atoms with van der Waals surface area (Å²) in [5.74, 6) is -0.294. The standard InChI is InChI=1S/C25H27N3O2/c1-16-7-11-18(12-8-16)23-24(19-13-9-17(2)10-14-19)27-21(15-26-23)25(30)28-20-5-3-4-6-22(20)29/h7-15,20,22,29H,3-6H2,1-2H3,(H,28,30)/t20-,22+/m1/s1. The van der Waals surface area contributed by atoms with Crippen LogP contribution in [0.1, 0.15) is 47.3 Å². The smallest absolute Gasteiger partial charge is 0.271 e. The average molecular weight is 402 g/mol. The van der Waals surface area contributed by atoms with Gasteiger partial charge in [0.15, 0.2) is 0 Å². The minimum Gasteiger partial charge on any atom is -0.391 e.